The fourth-order valence-electron chi connectivity index (χ4n) is 5.96. The molecule has 216 valence electrons. The Morgan fingerprint density at radius 3 is 2.74 bits per heavy atom. The summed E-state index contributed by atoms with van der Waals surface area (Å²) >= 11 is 7.11. The van der Waals surface area contributed by atoms with Crippen LogP contribution in [0.25, 0.3) is 27.8 Å². The molecule has 1 atom stereocenters. The van der Waals surface area contributed by atoms with Gasteiger partial charge in [-0.1, -0.05) is 38.1 Å². The van der Waals surface area contributed by atoms with Crippen LogP contribution in [0.5, 0.6) is 5.75 Å². The van der Waals surface area contributed by atoms with E-state index in [2.05, 4.69) is 16.5 Å². The van der Waals surface area contributed by atoms with Gasteiger partial charge in [0.15, 0.2) is 5.75 Å². The van der Waals surface area contributed by atoms with Crippen molar-refractivity contribution in [2.75, 3.05) is 31.1 Å². The molecular weight excluding hydrogens is 556 g/mol. The van der Waals surface area contributed by atoms with Gasteiger partial charge in [0.05, 0.1) is 39.0 Å². The predicted molar refractivity (Wildman–Crippen MR) is 163 cm³/mol. The molecule has 0 bridgehead atoms. The second-order valence-corrected chi connectivity index (χ2v) is 11.4. The molecule has 1 amide bonds. The number of piperazine rings is 1. The van der Waals surface area contributed by atoms with Crippen LogP contribution in [-0.2, 0) is 11.8 Å². The van der Waals surface area contributed by atoms with Crippen LogP contribution in [-0.4, -0.2) is 62.2 Å². The molecule has 1 saturated heterocycles. The minimum atomic E-state index is -0.470. The highest BCUT2D eigenvalue weighted by molar-refractivity contribution is 6.36. The van der Waals surface area contributed by atoms with Crippen molar-refractivity contribution < 1.29 is 9.53 Å². The number of amides is 1. The number of fused-ring (bicyclic) bond motifs is 2. The Kier molecular flexibility index (Phi) is 6.89. The third kappa shape index (κ3) is 4.28. The molecule has 42 heavy (non-hydrogen) atoms. The number of hydrogen-bond acceptors (Lipinski definition) is 7. The van der Waals surface area contributed by atoms with Gasteiger partial charge in [0.1, 0.15) is 12.4 Å². The quantitative estimate of drug-likeness (QED) is 0.335. The zero-order chi connectivity index (χ0) is 29.9. The number of aryl methyl sites for hydroxylation is 1. The van der Waals surface area contributed by atoms with E-state index in [4.69, 9.17) is 16.3 Å². The molecule has 1 fully saturated rings. The highest BCUT2D eigenvalue weighted by atomic mass is 35.5. The summed E-state index contributed by atoms with van der Waals surface area (Å²) in [6, 6.07) is 8.39. The molecule has 10 nitrogen and oxygen atoms in total. The number of ether oxygens (including phenoxy) is 1. The molecule has 0 spiro atoms. The van der Waals surface area contributed by atoms with Crippen molar-refractivity contribution in [3.05, 3.63) is 86.3 Å². The Labute approximate surface area is 247 Å². The number of rotatable bonds is 4. The number of aromatic nitrogens is 4. The first-order chi connectivity index (χ1) is 20.1. The first-order valence-corrected chi connectivity index (χ1v) is 14.2. The second-order valence-electron chi connectivity index (χ2n) is 11.0. The van der Waals surface area contributed by atoms with E-state index in [-0.39, 0.29) is 30.0 Å². The summed E-state index contributed by atoms with van der Waals surface area (Å²) in [4.78, 5) is 52.2. The van der Waals surface area contributed by atoms with Crippen molar-refractivity contribution in [3.63, 3.8) is 0 Å². The van der Waals surface area contributed by atoms with Crippen LogP contribution < -0.4 is 20.9 Å². The molecule has 3 aromatic heterocycles. The number of halogens is 1. The van der Waals surface area contributed by atoms with E-state index < -0.39 is 5.69 Å². The number of benzene rings is 1. The van der Waals surface area contributed by atoms with Crippen molar-refractivity contribution in [2.24, 2.45) is 7.05 Å². The number of pyridine rings is 2. The lowest BCUT2D eigenvalue weighted by atomic mass is 10.0. The summed E-state index contributed by atoms with van der Waals surface area (Å²) in [7, 11) is 1.68. The number of hydrogen-bond donors (Lipinski definition) is 0. The molecular formula is C31H31ClN6O4. The minimum absolute atomic E-state index is 0.0227. The summed E-state index contributed by atoms with van der Waals surface area (Å²) in [6.45, 7) is 11.1. The van der Waals surface area contributed by atoms with Gasteiger partial charge in [0.25, 0.3) is 5.56 Å². The topological polar surface area (TPSA) is 103 Å². The fraction of sp³-hybridized carbons (Fsp3) is 0.323. The molecule has 2 aliphatic rings. The maximum absolute atomic E-state index is 14.1. The lowest BCUT2D eigenvalue weighted by Gasteiger charge is -2.40. The Balaban J connectivity index is 1.71. The van der Waals surface area contributed by atoms with Crippen molar-refractivity contribution in [3.8, 4) is 22.7 Å². The number of carbonyl (C=O) groups excluding carboxylic acids is 1. The standard InChI is InChI=1S/C31H31ClN6O4/c1-6-23(39)36-12-13-37-19(15-36)16-42-29-25-22(14-20(26(29)32)21-8-7-9-24(40)35(21)5)38(31(41)34-30(25)37)28-18(4)10-11-33-27(28)17(2)3/h6-11,14,17,19H,1,12-13,15-16H2,2-5H3/t19-/m0/s1. The molecule has 0 unspecified atom stereocenters. The van der Waals surface area contributed by atoms with E-state index in [1.807, 2.05) is 37.8 Å². The molecule has 5 heterocycles. The van der Waals surface area contributed by atoms with E-state index in [9.17, 15) is 14.4 Å². The zero-order valence-electron chi connectivity index (χ0n) is 23.9. The second kappa shape index (κ2) is 10.4. The molecule has 0 aliphatic carbocycles. The van der Waals surface area contributed by atoms with Gasteiger partial charge in [-0.2, -0.15) is 4.98 Å². The number of nitrogens with zero attached hydrogens (tertiary/aromatic N) is 6. The maximum atomic E-state index is 14.1. The summed E-state index contributed by atoms with van der Waals surface area (Å²) in [5.41, 5.74) is 3.26. The largest absolute Gasteiger partial charge is 0.489 e. The third-order valence-corrected chi connectivity index (χ3v) is 8.48. The summed E-state index contributed by atoms with van der Waals surface area (Å²) < 4.78 is 9.55. The lowest BCUT2D eigenvalue weighted by molar-refractivity contribution is -0.126. The van der Waals surface area contributed by atoms with Crippen LogP contribution in [0.15, 0.2) is 58.8 Å². The van der Waals surface area contributed by atoms with Gasteiger partial charge in [-0.3, -0.25) is 19.1 Å². The van der Waals surface area contributed by atoms with Gasteiger partial charge in [-0.25, -0.2) is 4.79 Å². The highest BCUT2D eigenvalue weighted by Gasteiger charge is 2.37. The molecule has 0 saturated carbocycles. The van der Waals surface area contributed by atoms with Gasteiger partial charge in [-0.05, 0) is 42.7 Å². The van der Waals surface area contributed by atoms with E-state index >= 15 is 0 Å². The molecule has 4 aromatic rings. The lowest BCUT2D eigenvalue weighted by Crippen LogP contribution is -2.56. The van der Waals surface area contributed by atoms with E-state index in [1.54, 1.807) is 34.8 Å². The first-order valence-electron chi connectivity index (χ1n) is 13.8. The summed E-state index contributed by atoms with van der Waals surface area (Å²) in [5.74, 6) is 0.691. The highest BCUT2D eigenvalue weighted by Crippen LogP contribution is 2.46. The van der Waals surface area contributed by atoms with Gasteiger partial charge < -0.3 is 19.1 Å². The molecule has 1 aromatic carbocycles. The van der Waals surface area contributed by atoms with Gasteiger partial charge in [0.2, 0.25) is 5.91 Å². The monoisotopic (exact) mass is 586 g/mol. The predicted octanol–water partition coefficient (Wildman–Crippen LogP) is 3.83. The Hall–Kier alpha value is -4.44. The average molecular weight is 587 g/mol. The van der Waals surface area contributed by atoms with Crippen molar-refractivity contribution in [1.29, 1.82) is 0 Å². The smallest absolute Gasteiger partial charge is 0.354 e. The number of carbonyl (C=O) groups is 1. The average Bonchev–Trinajstić information content (AvgIpc) is 3.13. The van der Waals surface area contributed by atoms with Crippen LogP contribution in [0, 0.1) is 6.92 Å². The van der Waals surface area contributed by atoms with E-state index in [0.717, 1.165) is 11.3 Å². The minimum Gasteiger partial charge on any atom is -0.489 e. The molecule has 2 aliphatic heterocycles. The Bertz CT molecular complexity index is 1900. The third-order valence-electron chi connectivity index (χ3n) is 8.10. The van der Waals surface area contributed by atoms with Crippen LogP contribution in [0.1, 0.15) is 31.0 Å². The van der Waals surface area contributed by atoms with Crippen molar-refractivity contribution in [1.82, 2.24) is 24.0 Å². The molecule has 11 heteroatoms. The van der Waals surface area contributed by atoms with Crippen LogP contribution in [0.4, 0.5) is 5.82 Å². The number of anilines is 1. The fourth-order valence-corrected chi connectivity index (χ4v) is 6.26. The first kappa shape index (κ1) is 27.7. The maximum Gasteiger partial charge on any atom is 0.354 e. The normalized spacial score (nSPS) is 16.3. The van der Waals surface area contributed by atoms with E-state index in [1.165, 1.54) is 16.7 Å². The Morgan fingerprint density at radius 2 is 2.00 bits per heavy atom. The van der Waals surface area contributed by atoms with Gasteiger partial charge in [-0.15, -0.1) is 0 Å². The SMILES string of the molecule is C=CC(=O)N1CCN2c3nc(=O)n(-c4c(C)ccnc4C(C)C)c4cc(-c5cccc(=O)n5C)c(Cl)c(c34)OC[C@@H]2C1. The van der Waals surface area contributed by atoms with Crippen LogP contribution in [0.3, 0.4) is 0 Å². The van der Waals surface area contributed by atoms with Crippen molar-refractivity contribution >= 4 is 34.2 Å². The van der Waals surface area contributed by atoms with Crippen molar-refractivity contribution in [2.45, 2.75) is 32.7 Å². The summed E-state index contributed by atoms with van der Waals surface area (Å²) in [5, 5.41) is 0.899. The van der Waals surface area contributed by atoms with E-state index in [0.29, 0.717) is 64.1 Å². The molecule has 0 radical (unpaired) electrons. The molecule has 0 N–H and O–H groups in total. The summed E-state index contributed by atoms with van der Waals surface area (Å²) in [6.07, 6.45) is 3.04. The zero-order valence-corrected chi connectivity index (χ0v) is 24.7. The molecule has 6 rings (SSSR count). The Morgan fingerprint density at radius 1 is 1.21 bits per heavy atom. The van der Waals surface area contributed by atoms with Gasteiger partial charge >= 0.3 is 5.69 Å². The van der Waals surface area contributed by atoms with Crippen LogP contribution in [0.2, 0.25) is 5.02 Å². The van der Waals surface area contributed by atoms with Gasteiger partial charge in [0, 0.05) is 44.5 Å². The van der Waals surface area contributed by atoms with Crippen LogP contribution >= 0.6 is 11.6 Å².